The van der Waals surface area contributed by atoms with Crippen LogP contribution < -0.4 is 0 Å². The van der Waals surface area contributed by atoms with E-state index in [-0.39, 0.29) is 17.9 Å². The molecule has 0 bridgehead atoms. The second kappa shape index (κ2) is 7.22. The first-order chi connectivity index (χ1) is 9.88. The highest BCUT2D eigenvalue weighted by atomic mass is 32.2. The monoisotopic (exact) mass is 331 g/mol. The van der Waals surface area contributed by atoms with Crippen LogP contribution in [0.25, 0.3) is 0 Å². The fourth-order valence-electron chi connectivity index (χ4n) is 2.60. The van der Waals surface area contributed by atoms with Gasteiger partial charge in [-0.25, -0.2) is 8.42 Å². The van der Waals surface area contributed by atoms with Crippen LogP contribution in [0, 0.1) is 6.92 Å². The Balaban J connectivity index is 2.01. The lowest BCUT2D eigenvalue weighted by Gasteiger charge is -2.26. The highest BCUT2D eigenvalue weighted by Crippen LogP contribution is 2.22. The minimum absolute atomic E-state index is 0.0260. The molecule has 4 nitrogen and oxygen atoms in total. The second-order valence-electron chi connectivity index (χ2n) is 5.89. The average molecular weight is 332 g/mol. The van der Waals surface area contributed by atoms with Crippen molar-refractivity contribution in [2.45, 2.75) is 58.7 Å². The molecule has 1 aromatic rings. The summed E-state index contributed by atoms with van der Waals surface area (Å²) in [6.07, 6.45) is 2.77. The van der Waals surface area contributed by atoms with Crippen molar-refractivity contribution in [3.05, 3.63) is 21.9 Å². The highest BCUT2D eigenvalue weighted by molar-refractivity contribution is 7.89. The predicted octanol–water partition coefficient (Wildman–Crippen LogP) is 3.17. The Hall–Kier alpha value is -0.430. The summed E-state index contributed by atoms with van der Waals surface area (Å²) in [6.45, 7) is 7.16. The standard InChI is InChI=1S/C15H25NO3S2/c1-12(2)16(11-15-7-6-13(3)20-15)21(17,18)10-8-14-5-4-9-19-14/h6-7,12,14H,4-5,8-11H2,1-3H3. The van der Waals surface area contributed by atoms with Gasteiger partial charge in [-0.05, 0) is 52.2 Å². The third kappa shape index (κ3) is 4.77. The van der Waals surface area contributed by atoms with Crippen molar-refractivity contribution in [2.75, 3.05) is 12.4 Å². The van der Waals surface area contributed by atoms with E-state index >= 15 is 0 Å². The van der Waals surface area contributed by atoms with Gasteiger partial charge >= 0.3 is 0 Å². The number of rotatable bonds is 7. The van der Waals surface area contributed by atoms with Gasteiger partial charge in [0.25, 0.3) is 0 Å². The summed E-state index contributed by atoms with van der Waals surface area (Å²) in [4.78, 5) is 2.31. The van der Waals surface area contributed by atoms with Gasteiger partial charge in [-0.3, -0.25) is 0 Å². The van der Waals surface area contributed by atoms with Gasteiger partial charge in [0.2, 0.25) is 10.0 Å². The smallest absolute Gasteiger partial charge is 0.214 e. The maximum Gasteiger partial charge on any atom is 0.214 e. The van der Waals surface area contributed by atoms with Crippen LogP contribution in [0.3, 0.4) is 0 Å². The molecule has 1 atom stereocenters. The Bertz CT molecular complexity index is 545. The molecule has 0 amide bonds. The van der Waals surface area contributed by atoms with Crippen LogP contribution in [0.2, 0.25) is 0 Å². The Morgan fingerprint density at radius 1 is 1.43 bits per heavy atom. The number of hydrogen-bond acceptors (Lipinski definition) is 4. The van der Waals surface area contributed by atoms with Crippen molar-refractivity contribution >= 4 is 21.4 Å². The maximum absolute atomic E-state index is 12.6. The van der Waals surface area contributed by atoms with Crippen molar-refractivity contribution in [3.8, 4) is 0 Å². The fraction of sp³-hybridized carbons (Fsp3) is 0.733. The summed E-state index contributed by atoms with van der Waals surface area (Å²) in [7, 11) is -3.24. The number of nitrogens with zero attached hydrogens (tertiary/aromatic N) is 1. The molecule has 0 saturated carbocycles. The molecule has 1 fully saturated rings. The van der Waals surface area contributed by atoms with Crippen molar-refractivity contribution in [1.29, 1.82) is 0 Å². The maximum atomic E-state index is 12.6. The lowest BCUT2D eigenvalue weighted by Crippen LogP contribution is -2.38. The van der Waals surface area contributed by atoms with Crippen LogP contribution >= 0.6 is 11.3 Å². The molecule has 0 aliphatic carbocycles. The van der Waals surface area contributed by atoms with E-state index in [2.05, 4.69) is 0 Å². The number of hydrogen-bond donors (Lipinski definition) is 0. The van der Waals surface area contributed by atoms with Crippen LogP contribution in [0.1, 0.15) is 42.9 Å². The zero-order valence-electron chi connectivity index (χ0n) is 13.0. The van der Waals surface area contributed by atoms with E-state index in [0.29, 0.717) is 13.0 Å². The SMILES string of the molecule is Cc1ccc(CN(C(C)C)S(=O)(=O)CCC2CCCO2)s1. The number of sulfonamides is 1. The third-order valence-corrected chi connectivity index (χ3v) is 6.77. The molecule has 1 saturated heterocycles. The van der Waals surface area contributed by atoms with E-state index in [0.717, 1.165) is 24.3 Å². The van der Waals surface area contributed by atoms with E-state index in [1.54, 1.807) is 15.6 Å². The first-order valence-corrected chi connectivity index (χ1v) is 9.97. The Morgan fingerprint density at radius 3 is 2.71 bits per heavy atom. The molecular formula is C15H25NO3S2. The summed E-state index contributed by atoms with van der Waals surface area (Å²) >= 11 is 1.66. The zero-order valence-corrected chi connectivity index (χ0v) is 14.7. The molecule has 21 heavy (non-hydrogen) atoms. The van der Waals surface area contributed by atoms with E-state index in [1.165, 1.54) is 4.88 Å². The molecule has 1 unspecified atom stereocenters. The van der Waals surface area contributed by atoms with Gasteiger partial charge in [0, 0.05) is 28.9 Å². The van der Waals surface area contributed by atoms with Gasteiger partial charge in [0.1, 0.15) is 0 Å². The first kappa shape index (κ1) is 16.9. The van der Waals surface area contributed by atoms with E-state index in [4.69, 9.17) is 4.74 Å². The molecule has 2 rings (SSSR count). The molecule has 120 valence electrons. The number of ether oxygens (including phenoxy) is 1. The van der Waals surface area contributed by atoms with Crippen molar-refractivity contribution in [1.82, 2.24) is 4.31 Å². The molecule has 0 N–H and O–H groups in total. The minimum Gasteiger partial charge on any atom is -0.378 e. The Labute approximate surface area is 132 Å². The van der Waals surface area contributed by atoms with E-state index < -0.39 is 10.0 Å². The first-order valence-electron chi connectivity index (χ1n) is 7.55. The normalized spacial score (nSPS) is 19.8. The van der Waals surface area contributed by atoms with E-state index in [1.807, 2.05) is 32.9 Å². The lowest BCUT2D eigenvalue weighted by atomic mass is 10.2. The largest absolute Gasteiger partial charge is 0.378 e. The highest BCUT2D eigenvalue weighted by Gasteiger charge is 2.27. The molecule has 0 aromatic carbocycles. The van der Waals surface area contributed by atoms with Gasteiger partial charge < -0.3 is 4.74 Å². The molecule has 1 aliphatic heterocycles. The summed E-state index contributed by atoms with van der Waals surface area (Å²) in [5.41, 5.74) is 0. The summed E-state index contributed by atoms with van der Waals surface area (Å²) in [6, 6.07) is 4.03. The summed E-state index contributed by atoms with van der Waals surface area (Å²) < 4.78 is 32.4. The van der Waals surface area contributed by atoms with Crippen LogP contribution in [-0.4, -0.2) is 37.2 Å². The molecular weight excluding hydrogens is 306 g/mol. The Kier molecular flexibility index (Phi) is 5.82. The molecule has 6 heteroatoms. The van der Waals surface area contributed by atoms with Gasteiger partial charge in [0.15, 0.2) is 0 Å². The second-order valence-corrected chi connectivity index (χ2v) is 9.30. The molecule has 1 aromatic heterocycles. The average Bonchev–Trinajstić information content (AvgIpc) is 3.04. The van der Waals surface area contributed by atoms with Crippen molar-refractivity contribution in [2.24, 2.45) is 0 Å². The van der Waals surface area contributed by atoms with Gasteiger partial charge in [-0.2, -0.15) is 4.31 Å². The third-order valence-electron chi connectivity index (χ3n) is 3.76. The predicted molar refractivity (Wildman–Crippen MR) is 87.1 cm³/mol. The number of thiophene rings is 1. The zero-order chi connectivity index (χ0) is 15.5. The quantitative estimate of drug-likeness (QED) is 0.771. The van der Waals surface area contributed by atoms with Crippen LogP contribution in [0.4, 0.5) is 0 Å². The van der Waals surface area contributed by atoms with Crippen molar-refractivity contribution < 1.29 is 13.2 Å². The van der Waals surface area contributed by atoms with E-state index in [9.17, 15) is 8.42 Å². The van der Waals surface area contributed by atoms with Gasteiger partial charge in [-0.15, -0.1) is 11.3 Å². The van der Waals surface area contributed by atoms with Crippen LogP contribution in [-0.2, 0) is 21.3 Å². The number of aryl methyl sites for hydroxylation is 1. The lowest BCUT2D eigenvalue weighted by molar-refractivity contribution is 0.108. The Morgan fingerprint density at radius 2 is 2.19 bits per heavy atom. The van der Waals surface area contributed by atoms with Gasteiger partial charge in [-0.1, -0.05) is 0 Å². The molecule has 0 radical (unpaired) electrons. The topological polar surface area (TPSA) is 46.6 Å². The molecule has 0 spiro atoms. The van der Waals surface area contributed by atoms with Gasteiger partial charge in [0.05, 0.1) is 11.9 Å². The summed E-state index contributed by atoms with van der Waals surface area (Å²) in [5, 5.41) is 0. The molecule has 2 heterocycles. The minimum atomic E-state index is -3.24. The molecule has 1 aliphatic rings. The van der Waals surface area contributed by atoms with Crippen LogP contribution in [0.5, 0.6) is 0 Å². The van der Waals surface area contributed by atoms with Crippen molar-refractivity contribution in [3.63, 3.8) is 0 Å². The fourth-order valence-corrected chi connectivity index (χ4v) is 5.34. The summed E-state index contributed by atoms with van der Waals surface area (Å²) in [5.74, 6) is 0.181. The van der Waals surface area contributed by atoms with Crippen LogP contribution in [0.15, 0.2) is 12.1 Å².